The number of methoxy groups -OCH3 is 1. The van der Waals surface area contributed by atoms with Gasteiger partial charge in [-0.3, -0.25) is 4.55 Å². The smallest absolute Gasteiger partial charge is 0.270 e. The zero-order valence-corrected chi connectivity index (χ0v) is 16.5. The summed E-state index contributed by atoms with van der Waals surface area (Å²) in [6.45, 7) is 2.81. The normalized spacial score (nSPS) is 13.6. The lowest BCUT2D eigenvalue weighted by Gasteiger charge is -2.20. The second kappa shape index (κ2) is 6.38. The predicted molar refractivity (Wildman–Crippen MR) is 104 cm³/mol. The van der Waals surface area contributed by atoms with Gasteiger partial charge in [-0.2, -0.15) is 8.42 Å². The molecule has 0 aliphatic carbocycles. The number of benzene rings is 1. The number of imidazole rings is 1. The molecule has 144 valence electrons. The van der Waals surface area contributed by atoms with Gasteiger partial charge in [0.15, 0.2) is 0 Å². The third-order valence-electron chi connectivity index (χ3n) is 5.23. The summed E-state index contributed by atoms with van der Waals surface area (Å²) in [7, 11) is -0.549. The molecule has 8 heteroatoms. The van der Waals surface area contributed by atoms with Crippen LogP contribution in [0.5, 0.6) is 5.75 Å². The molecule has 0 bridgehead atoms. The largest absolute Gasteiger partial charge is 0.497 e. The van der Waals surface area contributed by atoms with Gasteiger partial charge in [0, 0.05) is 30.9 Å². The Morgan fingerprint density at radius 2 is 2.07 bits per heavy atom. The van der Waals surface area contributed by atoms with Crippen LogP contribution in [0.1, 0.15) is 30.4 Å². The van der Waals surface area contributed by atoms with Crippen molar-refractivity contribution < 1.29 is 17.7 Å². The van der Waals surface area contributed by atoms with Crippen LogP contribution in [0.2, 0.25) is 0 Å². The molecule has 3 aromatic rings. The van der Waals surface area contributed by atoms with E-state index in [-0.39, 0.29) is 0 Å². The van der Waals surface area contributed by atoms with E-state index in [1.807, 2.05) is 25.2 Å². The molecule has 1 N–H and O–H groups in total. The molecule has 0 amide bonds. The first-order valence-corrected chi connectivity index (χ1v) is 10.6. The second-order valence-corrected chi connectivity index (χ2v) is 8.42. The summed E-state index contributed by atoms with van der Waals surface area (Å²) in [5.74, 6) is 1.19. The molecule has 0 fully saturated rings. The molecule has 0 radical (unpaired) electrons. The van der Waals surface area contributed by atoms with E-state index in [1.54, 1.807) is 7.11 Å². The third-order valence-corrected chi connectivity index (χ3v) is 5.87. The summed E-state index contributed by atoms with van der Waals surface area (Å²) in [5, 5.41) is 1.11. The van der Waals surface area contributed by atoms with E-state index < -0.39 is 15.9 Å². The maximum atomic E-state index is 11.6. The summed E-state index contributed by atoms with van der Waals surface area (Å²) in [6.07, 6.45) is 2.53. The number of rotatable bonds is 5. The van der Waals surface area contributed by atoms with E-state index in [1.165, 1.54) is 5.56 Å². The average molecular weight is 389 g/mol. The van der Waals surface area contributed by atoms with Gasteiger partial charge in [0.1, 0.15) is 17.3 Å². The number of aryl methyl sites for hydroxylation is 3. The van der Waals surface area contributed by atoms with Gasteiger partial charge in [0.05, 0.1) is 24.2 Å². The van der Waals surface area contributed by atoms with Gasteiger partial charge in [0.2, 0.25) is 0 Å². The van der Waals surface area contributed by atoms with Gasteiger partial charge in [-0.25, -0.2) is 4.98 Å². The number of ether oxygens (including phenoxy) is 1. The minimum atomic E-state index is -4.17. The van der Waals surface area contributed by atoms with Crippen LogP contribution in [0.3, 0.4) is 0 Å². The lowest BCUT2D eigenvalue weighted by Crippen LogP contribution is -2.15. The molecular weight excluding hydrogens is 366 g/mol. The van der Waals surface area contributed by atoms with Crippen molar-refractivity contribution in [3.05, 3.63) is 35.3 Å². The molecule has 0 atom stereocenters. The molecule has 1 aromatic carbocycles. The van der Waals surface area contributed by atoms with E-state index in [0.717, 1.165) is 59.7 Å². The molecule has 4 rings (SSSR count). The molecule has 2 aromatic heterocycles. The SMILES string of the molecule is CCCc1nc(CS(=O)(=O)O)c2n1CCc1c-2n(C)c2ccc(OC)cc12. The van der Waals surface area contributed by atoms with E-state index in [4.69, 9.17) is 4.74 Å². The molecule has 1 aliphatic rings. The van der Waals surface area contributed by atoms with Crippen LogP contribution in [-0.4, -0.2) is 34.2 Å². The van der Waals surface area contributed by atoms with E-state index in [0.29, 0.717) is 5.69 Å². The Balaban J connectivity index is 2.01. The molecule has 0 saturated heterocycles. The summed E-state index contributed by atoms with van der Waals surface area (Å²) < 4.78 is 42.2. The molecule has 0 saturated carbocycles. The highest BCUT2D eigenvalue weighted by atomic mass is 32.2. The maximum Gasteiger partial charge on any atom is 0.270 e. The zero-order valence-electron chi connectivity index (χ0n) is 15.7. The molecule has 1 aliphatic heterocycles. The maximum absolute atomic E-state index is 11.6. The number of fused-ring (bicyclic) bond motifs is 5. The van der Waals surface area contributed by atoms with Crippen LogP contribution in [0.15, 0.2) is 18.2 Å². The molecule has 27 heavy (non-hydrogen) atoms. The van der Waals surface area contributed by atoms with E-state index in [9.17, 15) is 13.0 Å². The number of aromatic nitrogens is 3. The number of nitrogens with zero attached hydrogens (tertiary/aromatic N) is 3. The number of hydrogen-bond acceptors (Lipinski definition) is 4. The highest BCUT2D eigenvalue weighted by molar-refractivity contribution is 7.85. The van der Waals surface area contributed by atoms with Crippen LogP contribution in [0, 0.1) is 0 Å². The Kier molecular flexibility index (Phi) is 4.27. The fourth-order valence-electron chi connectivity index (χ4n) is 4.15. The van der Waals surface area contributed by atoms with Crippen molar-refractivity contribution in [3.63, 3.8) is 0 Å². The molecular formula is C19H23N3O4S. The van der Waals surface area contributed by atoms with Gasteiger partial charge in [-0.05, 0) is 36.6 Å². The highest BCUT2D eigenvalue weighted by Gasteiger charge is 2.30. The lowest BCUT2D eigenvalue weighted by molar-refractivity contribution is 0.415. The van der Waals surface area contributed by atoms with Crippen LogP contribution >= 0.6 is 0 Å². The Morgan fingerprint density at radius 3 is 2.74 bits per heavy atom. The molecule has 0 spiro atoms. The van der Waals surface area contributed by atoms with Crippen molar-refractivity contribution >= 4 is 21.0 Å². The lowest BCUT2D eigenvalue weighted by atomic mass is 10.0. The Bertz CT molecular complexity index is 1140. The summed E-state index contributed by atoms with van der Waals surface area (Å²) >= 11 is 0. The molecule has 7 nitrogen and oxygen atoms in total. The highest BCUT2D eigenvalue weighted by Crippen LogP contribution is 2.40. The van der Waals surface area contributed by atoms with Crippen molar-refractivity contribution in [1.29, 1.82) is 0 Å². The fraction of sp³-hybridized carbons (Fsp3) is 0.421. The first-order chi connectivity index (χ1) is 12.8. The van der Waals surface area contributed by atoms with Crippen molar-refractivity contribution in [2.75, 3.05) is 7.11 Å². The minimum Gasteiger partial charge on any atom is -0.497 e. The third kappa shape index (κ3) is 2.93. The summed E-state index contributed by atoms with van der Waals surface area (Å²) in [4.78, 5) is 4.60. The molecule has 3 heterocycles. The van der Waals surface area contributed by atoms with Gasteiger partial charge < -0.3 is 13.9 Å². The van der Waals surface area contributed by atoms with Crippen LogP contribution in [0.25, 0.3) is 22.3 Å². The topological polar surface area (TPSA) is 86.4 Å². The Hall–Kier alpha value is -2.32. The Labute approximate surface area is 158 Å². The Morgan fingerprint density at radius 1 is 1.30 bits per heavy atom. The van der Waals surface area contributed by atoms with Crippen LogP contribution in [0.4, 0.5) is 0 Å². The monoisotopic (exact) mass is 389 g/mol. The second-order valence-electron chi connectivity index (χ2n) is 6.97. The van der Waals surface area contributed by atoms with E-state index >= 15 is 0 Å². The summed E-state index contributed by atoms with van der Waals surface area (Å²) in [5.41, 5.74) is 4.41. The standard InChI is InChI=1S/C19H23N3O4S/c1-4-5-17-20-15(11-27(23,24)25)19-18-13(8-9-22(17)19)14-10-12(26-3)6-7-16(14)21(18)2/h6-7,10H,4-5,8-9,11H2,1-3H3,(H,23,24,25). The quantitative estimate of drug-likeness (QED) is 0.678. The van der Waals surface area contributed by atoms with Crippen LogP contribution in [-0.2, 0) is 42.3 Å². The van der Waals surface area contributed by atoms with Crippen molar-refractivity contribution in [2.24, 2.45) is 7.05 Å². The fourth-order valence-corrected chi connectivity index (χ4v) is 4.70. The minimum absolute atomic E-state index is 0.416. The van der Waals surface area contributed by atoms with Crippen LogP contribution < -0.4 is 4.74 Å². The first-order valence-electron chi connectivity index (χ1n) is 9.03. The van der Waals surface area contributed by atoms with E-state index in [2.05, 4.69) is 21.0 Å². The predicted octanol–water partition coefficient (Wildman–Crippen LogP) is 2.95. The van der Waals surface area contributed by atoms with Gasteiger partial charge in [0.25, 0.3) is 10.1 Å². The van der Waals surface area contributed by atoms with Gasteiger partial charge in [-0.1, -0.05) is 6.92 Å². The first kappa shape index (κ1) is 18.1. The van der Waals surface area contributed by atoms with Crippen molar-refractivity contribution in [3.8, 4) is 17.1 Å². The van der Waals surface area contributed by atoms with Gasteiger partial charge >= 0.3 is 0 Å². The molecule has 0 unspecified atom stereocenters. The van der Waals surface area contributed by atoms with Crippen molar-refractivity contribution in [2.45, 2.75) is 38.5 Å². The van der Waals surface area contributed by atoms with Crippen molar-refractivity contribution in [1.82, 2.24) is 14.1 Å². The average Bonchev–Trinajstić information content (AvgIpc) is 3.09. The number of hydrogen-bond donors (Lipinski definition) is 1. The van der Waals surface area contributed by atoms with Gasteiger partial charge in [-0.15, -0.1) is 0 Å². The summed E-state index contributed by atoms with van der Waals surface area (Å²) in [6, 6.07) is 5.96. The zero-order chi connectivity index (χ0) is 19.3.